The Kier molecular flexibility index (Phi) is 6.85. The number of carbonyl (C=O) groups excluding carboxylic acids is 1. The van der Waals surface area contributed by atoms with Gasteiger partial charge in [0, 0.05) is 12.1 Å². The maximum atomic E-state index is 14.0. The highest BCUT2D eigenvalue weighted by molar-refractivity contribution is 6.13. The quantitative estimate of drug-likeness (QED) is 0.378. The molecule has 0 radical (unpaired) electrons. The zero-order valence-corrected chi connectivity index (χ0v) is 17.8. The Hall–Kier alpha value is -2.98. The van der Waals surface area contributed by atoms with Gasteiger partial charge in [-0.1, -0.05) is 0 Å². The summed E-state index contributed by atoms with van der Waals surface area (Å²) in [6.07, 6.45) is -2.70. The summed E-state index contributed by atoms with van der Waals surface area (Å²) in [5.41, 5.74) is -0.327. The van der Waals surface area contributed by atoms with Crippen LogP contribution in [0.4, 0.5) is 17.6 Å². The van der Waals surface area contributed by atoms with Gasteiger partial charge in [-0.2, -0.15) is 13.2 Å². The van der Waals surface area contributed by atoms with Crippen LogP contribution in [0.1, 0.15) is 41.5 Å². The van der Waals surface area contributed by atoms with Crippen molar-refractivity contribution >= 4 is 17.7 Å². The number of carbonyl (C=O) groups is 1. The van der Waals surface area contributed by atoms with Crippen LogP contribution in [0, 0.1) is 5.82 Å². The summed E-state index contributed by atoms with van der Waals surface area (Å²) >= 11 is 5.81. The summed E-state index contributed by atoms with van der Waals surface area (Å²) in [6, 6.07) is 8.07. The molecule has 32 heavy (non-hydrogen) atoms. The van der Waals surface area contributed by atoms with Gasteiger partial charge in [0.2, 0.25) is 0 Å². The molecule has 0 saturated carbocycles. The molecule has 0 bridgehead atoms. The minimum absolute atomic E-state index is 0.146. The molecule has 0 spiro atoms. The van der Waals surface area contributed by atoms with E-state index < -0.39 is 35.9 Å². The zero-order valence-electron chi connectivity index (χ0n) is 17.0. The second-order valence-corrected chi connectivity index (χ2v) is 7.76. The second kappa shape index (κ2) is 9.25. The first-order valence-electron chi connectivity index (χ1n) is 9.40. The van der Waals surface area contributed by atoms with E-state index in [1.54, 1.807) is 19.9 Å². The van der Waals surface area contributed by atoms with E-state index in [4.69, 9.17) is 11.8 Å². The molecule has 1 aromatic carbocycles. The predicted octanol–water partition coefficient (Wildman–Crippen LogP) is 4.93. The Morgan fingerprint density at radius 3 is 2.44 bits per heavy atom. The SMILES string of the molecule is CC(C)(NCl)c1cc(-c2ccc(F)cc2)nc(C(CNC(=O)c2cocn2)C(F)(F)F)c1. The van der Waals surface area contributed by atoms with Crippen molar-refractivity contribution in [2.24, 2.45) is 0 Å². The standard InChI is InChI=1S/C21H19ClF4N4O2/c1-20(2,30-22)13-7-16(12-3-5-14(23)6-4-12)29-17(8-13)15(21(24,25)26)9-27-19(31)18-10-32-11-28-18/h3-8,10-11,15,30H,9H2,1-2H3,(H,27,31). The van der Waals surface area contributed by atoms with E-state index in [-0.39, 0.29) is 17.1 Å². The Labute approximate surface area is 186 Å². The van der Waals surface area contributed by atoms with Crippen LogP contribution >= 0.6 is 11.8 Å². The summed E-state index contributed by atoms with van der Waals surface area (Å²) in [4.78, 5) is 22.4. The Bertz CT molecular complexity index is 1070. The van der Waals surface area contributed by atoms with Crippen LogP contribution in [0.15, 0.2) is 53.5 Å². The van der Waals surface area contributed by atoms with Gasteiger partial charge in [-0.15, -0.1) is 0 Å². The van der Waals surface area contributed by atoms with E-state index in [1.807, 2.05) is 0 Å². The number of aromatic nitrogens is 2. The van der Waals surface area contributed by atoms with E-state index >= 15 is 0 Å². The molecular weight excluding hydrogens is 452 g/mol. The molecule has 3 rings (SSSR count). The summed E-state index contributed by atoms with van der Waals surface area (Å²) < 4.78 is 60.0. The third kappa shape index (κ3) is 5.43. The first-order valence-corrected chi connectivity index (χ1v) is 9.78. The van der Waals surface area contributed by atoms with Crippen molar-refractivity contribution in [3.63, 3.8) is 0 Å². The highest BCUT2D eigenvalue weighted by Crippen LogP contribution is 2.36. The van der Waals surface area contributed by atoms with Crippen molar-refractivity contribution in [2.45, 2.75) is 31.5 Å². The highest BCUT2D eigenvalue weighted by atomic mass is 35.5. The van der Waals surface area contributed by atoms with E-state index in [0.29, 0.717) is 11.1 Å². The van der Waals surface area contributed by atoms with Crippen LogP contribution in [0.5, 0.6) is 0 Å². The molecule has 6 nitrogen and oxygen atoms in total. The predicted molar refractivity (Wildman–Crippen MR) is 109 cm³/mol. The average molecular weight is 471 g/mol. The molecule has 2 N–H and O–H groups in total. The maximum absolute atomic E-state index is 14.0. The molecule has 1 unspecified atom stereocenters. The number of nitrogens with zero attached hydrogens (tertiary/aromatic N) is 2. The molecule has 1 amide bonds. The lowest BCUT2D eigenvalue weighted by Gasteiger charge is -2.27. The first kappa shape index (κ1) is 23.7. The number of pyridine rings is 1. The van der Waals surface area contributed by atoms with Gasteiger partial charge < -0.3 is 9.73 Å². The van der Waals surface area contributed by atoms with Gasteiger partial charge in [-0.05, 0) is 67.6 Å². The molecule has 2 heterocycles. The van der Waals surface area contributed by atoms with Gasteiger partial charge in [0.05, 0.1) is 16.9 Å². The monoisotopic (exact) mass is 470 g/mol. The van der Waals surface area contributed by atoms with Crippen LogP contribution in [0.3, 0.4) is 0 Å². The van der Waals surface area contributed by atoms with Crippen molar-refractivity contribution in [3.05, 3.63) is 71.8 Å². The Balaban J connectivity index is 2.04. The molecular formula is C21H19ClF4N4O2. The van der Waals surface area contributed by atoms with Crippen molar-refractivity contribution < 1.29 is 26.8 Å². The highest BCUT2D eigenvalue weighted by Gasteiger charge is 2.42. The Morgan fingerprint density at radius 2 is 1.88 bits per heavy atom. The number of oxazole rings is 1. The molecule has 0 aliphatic carbocycles. The third-order valence-electron chi connectivity index (χ3n) is 4.83. The number of benzene rings is 1. The van der Waals surface area contributed by atoms with Crippen LogP contribution in [-0.4, -0.2) is 28.6 Å². The number of amides is 1. The van der Waals surface area contributed by atoms with Crippen molar-refractivity contribution in [1.82, 2.24) is 20.1 Å². The van der Waals surface area contributed by atoms with Crippen LogP contribution in [-0.2, 0) is 5.54 Å². The molecule has 170 valence electrons. The number of hydrogen-bond donors (Lipinski definition) is 2. The fraction of sp³-hybridized carbons (Fsp3) is 0.286. The molecule has 1 atom stereocenters. The number of nitrogens with one attached hydrogen (secondary N) is 2. The molecule has 0 fully saturated rings. The van der Waals surface area contributed by atoms with Gasteiger partial charge in [-0.3, -0.25) is 9.78 Å². The molecule has 0 saturated heterocycles. The molecule has 0 aliphatic rings. The van der Waals surface area contributed by atoms with Gasteiger partial charge in [0.1, 0.15) is 18.0 Å². The second-order valence-electron chi connectivity index (χ2n) is 7.57. The van der Waals surface area contributed by atoms with Crippen LogP contribution < -0.4 is 10.2 Å². The minimum atomic E-state index is -4.72. The van der Waals surface area contributed by atoms with Gasteiger partial charge in [0.25, 0.3) is 5.91 Å². The number of alkyl halides is 3. The molecule has 3 aromatic rings. The maximum Gasteiger partial charge on any atom is 0.398 e. The average Bonchev–Trinajstić information content (AvgIpc) is 3.28. The number of halogens is 5. The van der Waals surface area contributed by atoms with Gasteiger partial charge >= 0.3 is 6.18 Å². The van der Waals surface area contributed by atoms with Crippen molar-refractivity contribution in [3.8, 4) is 11.3 Å². The number of hydrogen-bond acceptors (Lipinski definition) is 5. The molecule has 11 heteroatoms. The van der Waals surface area contributed by atoms with Crippen LogP contribution in [0.2, 0.25) is 0 Å². The normalized spacial score (nSPS) is 13.1. The summed E-state index contributed by atoms with van der Waals surface area (Å²) in [7, 11) is 0. The Morgan fingerprint density at radius 1 is 1.19 bits per heavy atom. The van der Waals surface area contributed by atoms with Gasteiger partial charge in [0.15, 0.2) is 12.1 Å². The molecule has 0 aliphatic heterocycles. The van der Waals surface area contributed by atoms with E-state index in [2.05, 4.69) is 24.5 Å². The zero-order chi connectivity index (χ0) is 23.5. The topological polar surface area (TPSA) is 80.0 Å². The van der Waals surface area contributed by atoms with E-state index in [9.17, 15) is 22.4 Å². The minimum Gasteiger partial charge on any atom is -0.451 e. The lowest BCUT2D eigenvalue weighted by Crippen LogP contribution is -2.36. The van der Waals surface area contributed by atoms with Crippen molar-refractivity contribution in [1.29, 1.82) is 0 Å². The first-order chi connectivity index (χ1) is 15.0. The fourth-order valence-electron chi connectivity index (χ4n) is 2.91. The lowest BCUT2D eigenvalue weighted by molar-refractivity contribution is -0.149. The summed E-state index contributed by atoms with van der Waals surface area (Å²) in [5.74, 6) is -3.43. The lowest BCUT2D eigenvalue weighted by atomic mass is 9.91. The third-order valence-corrected chi connectivity index (χ3v) is 5.30. The van der Waals surface area contributed by atoms with Crippen molar-refractivity contribution in [2.75, 3.05) is 6.54 Å². The number of rotatable bonds is 7. The van der Waals surface area contributed by atoms with Crippen LogP contribution in [0.25, 0.3) is 11.3 Å². The summed E-state index contributed by atoms with van der Waals surface area (Å²) in [6.45, 7) is 2.59. The molecule has 2 aromatic heterocycles. The smallest absolute Gasteiger partial charge is 0.398 e. The van der Waals surface area contributed by atoms with E-state index in [0.717, 1.165) is 12.7 Å². The van der Waals surface area contributed by atoms with Gasteiger partial charge in [-0.25, -0.2) is 14.2 Å². The van der Waals surface area contributed by atoms with E-state index in [1.165, 1.54) is 30.3 Å². The largest absolute Gasteiger partial charge is 0.451 e. The fourth-order valence-corrected chi connectivity index (χ4v) is 3.02. The summed E-state index contributed by atoms with van der Waals surface area (Å²) in [5, 5.41) is 2.22.